The van der Waals surface area contributed by atoms with E-state index in [0.717, 1.165) is 11.8 Å². The summed E-state index contributed by atoms with van der Waals surface area (Å²) in [6, 6.07) is 1.77. The van der Waals surface area contributed by atoms with E-state index < -0.39 is 0 Å². The highest BCUT2D eigenvalue weighted by atomic mass is 15.4. The predicted molar refractivity (Wildman–Crippen MR) is 31.8 cm³/mol. The van der Waals surface area contributed by atoms with Crippen molar-refractivity contribution in [2.75, 3.05) is 0 Å². The molecule has 5 aliphatic rings. The minimum absolute atomic E-state index is 0.361. The summed E-state index contributed by atoms with van der Waals surface area (Å²) in [6.07, 6.45) is 0. The van der Waals surface area contributed by atoms with Gasteiger partial charge in [0.05, 0.1) is 6.04 Å². The molecule has 0 N–H and O–H groups in total. The number of nitrogens with zero attached hydrogens (tertiary/aromatic N) is 4. The molecule has 4 unspecified atom stereocenters. The van der Waals surface area contributed by atoms with Crippen LogP contribution in [0.2, 0.25) is 0 Å². The first-order valence-electron chi connectivity index (χ1n) is 3.77. The lowest BCUT2D eigenvalue weighted by molar-refractivity contribution is 0.446. The topological polar surface area (TPSA) is 49.4 Å². The number of azo groups is 2. The normalized spacial score (nSPS) is 71.2. The van der Waals surface area contributed by atoms with Crippen molar-refractivity contribution in [2.45, 2.75) is 24.2 Å². The third kappa shape index (κ3) is 0.223. The first-order chi connectivity index (χ1) is 4.97. The van der Waals surface area contributed by atoms with Crippen LogP contribution in [-0.4, -0.2) is 24.2 Å². The van der Waals surface area contributed by atoms with Crippen molar-refractivity contribution in [3.8, 4) is 0 Å². The third-order valence-corrected chi connectivity index (χ3v) is 3.25. The monoisotopic (exact) mass is 134 g/mol. The molecule has 5 rings (SSSR count). The molecule has 50 valence electrons. The summed E-state index contributed by atoms with van der Waals surface area (Å²) in [5, 5.41) is 16.7. The van der Waals surface area contributed by atoms with Gasteiger partial charge in [-0.2, -0.15) is 20.5 Å². The summed E-state index contributed by atoms with van der Waals surface area (Å²) in [7, 11) is 0. The van der Waals surface area contributed by atoms with Crippen LogP contribution in [0.3, 0.4) is 0 Å². The van der Waals surface area contributed by atoms with Crippen LogP contribution in [0.1, 0.15) is 0 Å². The van der Waals surface area contributed by atoms with Crippen molar-refractivity contribution in [1.82, 2.24) is 0 Å². The minimum Gasteiger partial charge on any atom is -0.190 e. The molecule has 10 heavy (non-hydrogen) atoms. The van der Waals surface area contributed by atoms with Crippen LogP contribution in [0.25, 0.3) is 0 Å². The fraction of sp³-hybridized carbons (Fsp3) is 1.00. The maximum Gasteiger partial charge on any atom is 0.120 e. The first kappa shape index (κ1) is 4.16. The summed E-state index contributed by atoms with van der Waals surface area (Å²) in [5.74, 6) is 1.51. The Morgan fingerprint density at radius 2 is 1.00 bits per heavy atom. The molecule has 0 saturated heterocycles. The van der Waals surface area contributed by atoms with Crippen LogP contribution in [0.4, 0.5) is 0 Å². The van der Waals surface area contributed by atoms with Gasteiger partial charge in [-0.3, -0.25) is 0 Å². The van der Waals surface area contributed by atoms with Crippen molar-refractivity contribution in [1.29, 1.82) is 0 Å². The summed E-state index contributed by atoms with van der Waals surface area (Å²) in [6.45, 7) is 0. The molecule has 2 aliphatic carbocycles. The van der Waals surface area contributed by atoms with Gasteiger partial charge in [0, 0.05) is 11.8 Å². The Balaban J connectivity index is 2.05. The van der Waals surface area contributed by atoms with Gasteiger partial charge in [-0.25, -0.2) is 0 Å². The van der Waals surface area contributed by atoms with Gasteiger partial charge in [0.15, 0.2) is 0 Å². The van der Waals surface area contributed by atoms with Crippen LogP contribution in [0.5, 0.6) is 0 Å². The van der Waals surface area contributed by atoms with Gasteiger partial charge in [-0.05, 0) is 0 Å². The Labute approximate surface area is 57.4 Å². The maximum absolute atomic E-state index is 4.18. The summed E-state index contributed by atoms with van der Waals surface area (Å²) in [4.78, 5) is 0. The van der Waals surface area contributed by atoms with Crippen molar-refractivity contribution in [2.24, 2.45) is 32.3 Å². The van der Waals surface area contributed by atoms with Crippen LogP contribution in [0, 0.1) is 11.8 Å². The SMILES string of the molecule is N1=NC2C3C4N=NC(C14)C23. The van der Waals surface area contributed by atoms with Gasteiger partial charge in [0.2, 0.25) is 0 Å². The number of hydrogen-bond acceptors (Lipinski definition) is 4. The van der Waals surface area contributed by atoms with E-state index in [0.29, 0.717) is 24.2 Å². The van der Waals surface area contributed by atoms with Crippen LogP contribution in [-0.2, 0) is 0 Å². The Bertz CT molecular complexity index is 251. The van der Waals surface area contributed by atoms with Gasteiger partial charge >= 0.3 is 0 Å². The molecular weight excluding hydrogens is 128 g/mol. The van der Waals surface area contributed by atoms with Gasteiger partial charge in [0.25, 0.3) is 0 Å². The van der Waals surface area contributed by atoms with Crippen molar-refractivity contribution < 1.29 is 0 Å². The molecule has 0 aromatic carbocycles. The largest absolute Gasteiger partial charge is 0.190 e. The molecular formula is C6H6N4. The smallest absolute Gasteiger partial charge is 0.120 e. The van der Waals surface area contributed by atoms with Gasteiger partial charge in [-0.15, -0.1) is 0 Å². The molecule has 4 atom stereocenters. The number of hydrogen-bond donors (Lipinski definition) is 0. The highest BCUT2D eigenvalue weighted by Gasteiger charge is 2.73. The van der Waals surface area contributed by atoms with Crippen LogP contribution in [0.15, 0.2) is 20.5 Å². The quantitative estimate of drug-likeness (QED) is 0.467. The zero-order valence-electron chi connectivity index (χ0n) is 5.25. The highest BCUT2D eigenvalue weighted by molar-refractivity contribution is 5.29. The molecule has 0 amide bonds. The van der Waals surface area contributed by atoms with E-state index in [9.17, 15) is 0 Å². The van der Waals surface area contributed by atoms with E-state index in [1.807, 2.05) is 0 Å². The predicted octanol–water partition coefficient (Wildman–Crippen LogP) is 0.652. The van der Waals surface area contributed by atoms with Gasteiger partial charge in [-0.1, -0.05) is 0 Å². The van der Waals surface area contributed by atoms with E-state index in [2.05, 4.69) is 20.5 Å². The lowest BCUT2D eigenvalue weighted by atomic mass is 10.0. The Morgan fingerprint density at radius 1 is 0.500 bits per heavy atom. The molecule has 0 spiro atoms. The lowest BCUT2D eigenvalue weighted by Crippen LogP contribution is -2.30. The Kier molecular flexibility index (Phi) is 0.393. The van der Waals surface area contributed by atoms with E-state index in [4.69, 9.17) is 0 Å². The summed E-state index contributed by atoms with van der Waals surface area (Å²) < 4.78 is 0. The fourth-order valence-electron chi connectivity index (χ4n) is 2.75. The van der Waals surface area contributed by atoms with Crippen LogP contribution < -0.4 is 0 Å². The molecule has 2 saturated carbocycles. The summed E-state index contributed by atoms with van der Waals surface area (Å²) >= 11 is 0. The van der Waals surface area contributed by atoms with Crippen molar-refractivity contribution in [3.05, 3.63) is 0 Å². The average molecular weight is 134 g/mol. The second-order valence-corrected chi connectivity index (χ2v) is 3.58. The Hall–Kier alpha value is -0.800. The van der Waals surface area contributed by atoms with Crippen molar-refractivity contribution >= 4 is 0 Å². The van der Waals surface area contributed by atoms with E-state index in [-0.39, 0.29) is 0 Å². The average Bonchev–Trinajstić information content (AvgIpc) is 2.53. The molecule has 4 nitrogen and oxygen atoms in total. The minimum atomic E-state index is 0.361. The van der Waals surface area contributed by atoms with Gasteiger partial charge in [0.1, 0.15) is 18.1 Å². The van der Waals surface area contributed by atoms with Crippen molar-refractivity contribution in [3.63, 3.8) is 0 Å². The third-order valence-electron chi connectivity index (χ3n) is 3.25. The zero-order valence-corrected chi connectivity index (χ0v) is 5.25. The maximum atomic E-state index is 4.18. The molecule has 0 aromatic rings. The molecule has 6 bridgehead atoms. The van der Waals surface area contributed by atoms with E-state index >= 15 is 0 Å². The standard InChI is InChI=1S/C6H6N4/c7-3-1-2(3)5-6(10-7)4(1)8-9-5/h1-6H. The zero-order chi connectivity index (χ0) is 6.29. The fourth-order valence-corrected chi connectivity index (χ4v) is 2.75. The molecule has 0 radical (unpaired) electrons. The lowest BCUT2D eigenvalue weighted by Gasteiger charge is -2.15. The van der Waals surface area contributed by atoms with E-state index in [1.54, 1.807) is 0 Å². The second kappa shape index (κ2) is 0.946. The van der Waals surface area contributed by atoms with E-state index in [1.165, 1.54) is 0 Å². The number of rotatable bonds is 0. The Morgan fingerprint density at radius 3 is 1.50 bits per heavy atom. The first-order valence-corrected chi connectivity index (χ1v) is 3.77. The molecule has 0 aromatic heterocycles. The second-order valence-electron chi connectivity index (χ2n) is 3.58. The van der Waals surface area contributed by atoms with Gasteiger partial charge < -0.3 is 0 Å². The molecule has 3 aliphatic heterocycles. The van der Waals surface area contributed by atoms with Crippen LogP contribution >= 0.6 is 0 Å². The molecule has 2 fully saturated rings. The molecule has 3 heterocycles. The highest BCUT2D eigenvalue weighted by Crippen LogP contribution is 2.63. The summed E-state index contributed by atoms with van der Waals surface area (Å²) in [5.41, 5.74) is 0. The molecule has 4 heteroatoms.